The molecule has 1 saturated heterocycles. The largest absolute Gasteiger partial charge is 0.342 e. The van der Waals surface area contributed by atoms with Crippen LogP contribution in [0.5, 0.6) is 0 Å². The molecule has 15 heavy (non-hydrogen) atoms. The predicted molar refractivity (Wildman–Crippen MR) is 66.2 cm³/mol. The molecule has 2 unspecified atom stereocenters. The zero-order chi connectivity index (χ0) is 11.3. The second-order valence-electron chi connectivity index (χ2n) is 4.30. The molecule has 88 valence electrons. The first-order chi connectivity index (χ1) is 7.16. The number of nitrogens with one attached hydrogen (secondary N) is 1. The van der Waals surface area contributed by atoms with Crippen LogP contribution in [0.2, 0.25) is 0 Å². The van der Waals surface area contributed by atoms with E-state index in [-0.39, 0.29) is 5.92 Å². The number of rotatable bonds is 4. The second kappa shape index (κ2) is 6.38. The fraction of sp³-hybridized carbons (Fsp3) is 0.909. The highest BCUT2D eigenvalue weighted by Gasteiger charge is 2.25. The number of hydrogen-bond donors (Lipinski definition) is 1. The number of thioether (sulfide) groups is 1. The van der Waals surface area contributed by atoms with E-state index in [2.05, 4.69) is 18.5 Å². The molecular weight excluding hydrogens is 208 g/mol. The monoisotopic (exact) mass is 230 g/mol. The number of nitrogens with zero attached hydrogens (tertiary/aromatic N) is 1. The average molecular weight is 230 g/mol. The van der Waals surface area contributed by atoms with Gasteiger partial charge in [-0.3, -0.25) is 4.79 Å². The Kier molecular flexibility index (Phi) is 5.47. The van der Waals surface area contributed by atoms with E-state index in [9.17, 15) is 4.79 Å². The van der Waals surface area contributed by atoms with E-state index in [0.717, 1.165) is 31.7 Å². The third-order valence-electron chi connectivity index (χ3n) is 3.06. The van der Waals surface area contributed by atoms with Gasteiger partial charge in [0.2, 0.25) is 5.91 Å². The standard InChI is InChI=1S/C11H22N2OS/c1-9(8-15-3)13(2)11(14)10-5-4-6-12-7-10/h9-10,12H,4-8H2,1-3H3. The molecule has 1 fully saturated rings. The zero-order valence-corrected chi connectivity index (χ0v) is 10.8. The fourth-order valence-corrected chi connectivity index (χ4v) is 2.63. The van der Waals surface area contributed by atoms with Crippen molar-refractivity contribution in [2.45, 2.75) is 25.8 Å². The van der Waals surface area contributed by atoms with Crippen molar-refractivity contribution in [3.05, 3.63) is 0 Å². The van der Waals surface area contributed by atoms with Crippen LogP contribution < -0.4 is 5.32 Å². The number of carbonyl (C=O) groups excluding carboxylic acids is 1. The summed E-state index contributed by atoms with van der Waals surface area (Å²) in [4.78, 5) is 14.0. The van der Waals surface area contributed by atoms with E-state index < -0.39 is 0 Å². The number of piperidine rings is 1. The molecule has 0 aromatic rings. The molecule has 3 nitrogen and oxygen atoms in total. The zero-order valence-electron chi connectivity index (χ0n) is 9.95. The minimum Gasteiger partial charge on any atom is -0.342 e. The average Bonchev–Trinajstić information content (AvgIpc) is 2.28. The lowest BCUT2D eigenvalue weighted by Crippen LogP contribution is -2.45. The maximum atomic E-state index is 12.1. The lowest BCUT2D eigenvalue weighted by atomic mass is 9.98. The Morgan fingerprint density at radius 2 is 2.40 bits per heavy atom. The first-order valence-corrected chi connectivity index (χ1v) is 7.02. The van der Waals surface area contributed by atoms with Crippen molar-refractivity contribution >= 4 is 17.7 Å². The molecule has 1 aliphatic heterocycles. The molecule has 0 saturated carbocycles. The molecular formula is C11H22N2OS. The van der Waals surface area contributed by atoms with Gasteiger partial charge in [0.1, 0.15) is 0 Å². The van der Waals surface area contributed by atoms with Gasteiger partial charge in [-0.25, -0.2) is 0 Å². The summed E-state index contributed by atoms with van der Waals surface area (Å²) >= 11 is 1.79. The minimum atomic E-state index is 0.202. The highest BCUT2D eigenvalue weighted by Crippen LogP contribution is 2.15. The lowest BCUT2D eigenvalue weighted by molar-refractivity contribution is -0.136. The smallest absolute Gasteiger partial charge is 0.226 e. The van der Waals surface area contributed by atoms with Crippen molar-refractivity contribution in [1.29, 1.82) is 0 Å². The van der Waals surface area contributed by atoms with Gasteiger partial charge in [-0.1, -0.05) is 0 Å². The highest BCUT2D eigenvalue weighted by molar-refractivity contribution is 7.98. The maximum Gasteiger partial charge on any atom is 0.226 e. The molecule has 0 spiro atoms. The SMILES string of the molecule is CSCC(C)N(C)C(=O)C1CCCNC1. The Morgan fingerprint density at radius 3 is 2.93 bits per heavy atom. The molecule has 0 aliphatic carbocycles. The van der Waals surface area contributed by atoms with Gasteiger partial charge in [0.15, 0.2) is 0 Å². The molecule has 0 bridgehead atoms. The Balaban J connectivity index is 2.43. The first-order valence-electron chi connectivity index (χ1n) is 5.63. The van der Waals surface area contributed by atoms with Gasteiger partial charge in [-0.05, 0) is 32.6 Å². The van der Waals surface area contributed by atoms with Crippen LogP contribution in [0.3, 0.4) is 0 Å². The van der Waals surface area contributed by atoms with E-state index in [1.807, 2.05) is 11.9 Å². The van der Waals surface area contributed by atoms with Gasteiger partial charge < -0.3 is 10.2 Å². The molecule has 4 heteroatoms. The van der Waals surface area contributed by atoms with E-state index in [0.29, 0.717) is 11.9 Å². The molecule has 1 rings (SSSR count). The van der Waals surface area contributed by atoms with E-state index in [4.69, 9.17) is 0 Å². The Bertz CT molecular complexity index is 205. The maximum absolute atomic E-state index is 12.1. The summed E-state index contributed by atoms with van der Waals surface area (Å²) in [6.45, 7) is 4.04. The fourth-order valence-electron chi connectivity index (χ4n) is 1.92. The predicted octanol–water partition coefficient (Wildman–Crippen LogP) is 1.20. The van der Waals surface area contributed by atoms with Gasteiger partial charge >= 0.3 is 0 Å². The third-order valence-corrected chi connectivity index (χ3v) is 3.88. The van der Waals surface area contributed by atoms with Crippen molar-refractivity contribution in [3.8, 4) is 0 Å². The Morgan fingerprint density at radius 1 is 1.67 bits per heavy atom. The molecule has 1 aliphatic rings. The summed E-state index contributed by atoms with van der Waals surface area (Å²) in [6, 6.07) is 0.342. The summed E-state index contributed by atoms with van der Waals surface area (Å²) in [7, 11) is 1.93. The highest BCUT2D eigenvalue weighted by atomic mass is 32.2. The molecule has 1 N–H and O–H groups in total. The molecule has 0 radical (unpaired) electrons. The van der Waals surface area contributed by atoms with E-state index in [1.54, 1.807) is 11.8 Å². The van der Waals surface area contributed by atoms with Crippen LogP contribution >= 0.6 is 11.8 Å². The van der Waals surface area contributed by atoms with Gasteiger partial charge in [-0.15, -0.1) is 0 Å². The van der Waals surface area contributed by atoms with Crippen LogP contribution in [0, 0.1) is 5.92 Å². The molecule has 0 aromatic carbocycles. The minimum absolute atomic E-state index is 0.202. The van der Waals surface area contributed by atoms with Crippen molar-refractivity contribution in [3.63, 3.8) is 0 Å². The number of carbonyl (C=O) groups is 1. The van der Waals surface area contributed by atoms with Crippen molar-refractivity contribution in [2.24, 2.45) is 5.92 Å². The van der Waals surface area contributed by atoms with Crippen LogP contribution in [0.1, 0.15) is 19.8 Å². The normalized spacial score (nSPS) is 23.5. The quantitative estimate of drug-likeness (QED) is 0.787. The van der Waals surface area contributed by atoms with Crippen LogP contribution in [0.25, 0.3) is 0 Å². The Hall–Kier alpha value is -0.220. The van der Waals surface area contributed by atoms with Crippen molar-refractivity contribution in [1.82, 2.24) is 10.2 Å². The molecule has 0 aromatic heterocycles. The van der Waals surface area contributed by atoms with Gasteiger partial charge in [0, 0.05) is 25.4 Å². The molecule has 1 amide bonds. The van der Waals surface area contributed by atoms with Crippen LogP contribution in [0.15, 0.2) is 0 Å². The third kappa shape index (κ3) is 3.68. The van der Waals surface area contributed by atoms with Gasteiger partial charge in [-0.2, -0.15) is 11.8 Å². The molecule has 1 heterocycles. The van der Waals surface area contributed by atoms with Crippen LogP contribution in [-0.4, -0.2) is 49.0 Å². The second-order valence-corrected chi connectivity index (χ2v) is 5.21. The Labute approximate surface area is 97.0 Å². The molecule has 2 atom stereocenters. The van der Waals surface area contributed by atoms with Crippen molar-refractivity contribution in [2.75, 3.05) is 32.1 Å². The van der Waals surface area contributed by atoms with Crippen molar-refractivity contribution < 1.29 is 4.79 Å². The first kappa shape index (κ1) is 12.8. The van der Waals surface area contributed by atoms with Gasteiger partial charge in [0.25, 0.3) is 0 Å². The van der Waals surface area contributed by atoms with E-state index in [1.165, 1.54) is 0 Å². The van der Waals surface area contributed by atoms with Gasteiger partial charge in [0.05, 0.1) is 5.92 Å². The summed E-state index contributed by atoms with van der Waals surface area (Å²) in [5, 5.41) is 3.29. The summed E-state index contributed by atoms with van der Waals surface area (Å²) < 4.78 is 0. The van der Waals surface area contributed by atoms with Crippen LogP contribution in [0.4, 0.5) is 0 Å². The topological polar surface area (TPSA) is 32.3 Å². The van der Waals surface area contributed by atoms with Crippen LogP contribution in [-0.2, 0) is 4.79 Å². The summed E-state index contributed by atoms with van der Waals surface area (Å²) in [5.74, 6) is 1.53. The summed E-state index contributed by atoms with van der Waals surface area (Å²) in [6.07, 6.45) is 4.25. The van der Waals surface area contributed by atoms with E-state index >= 15 is 0 Å². The number of hydrogen-bond acceptors (Lipinski definition) is 3. The number of amides is 1. The lowest BCUT2D eigenvalue weighted by Gasteiger charge is -2.30. The summed E-state index contributed by atoms with van der Waals surface area (Å²) in [5.41, 5.74) is 0.